The van der Waals surface area contributed by atoms with E-state index in [2.05, 4.69) is 102 Å². The molecule has 10 aromatic carbocycles. The van der Waals surface area contributed by atoms with E-state index in [-0.39, 0.29) is 184 Å². The van der Waals surface area contributed by atoms with Crippen LogP contribution in [0.4, 0.5) is 51.2 Å². The minimum Gasteiger partial charge on any atom is -0.522 e. The van der Waals surface area contributed by atoms with E-state index in [1.165, 1.54) is 11.1 Å². The number of fused-ring (bicyclic) bond motifs is 16. The first kappa shape index (κ1) is 110. The molecule has 4 amide bonds. The first-order valence-electron chi connectivity index (χ1n) is 49.4. The number of anilines is 9. The number of Topliss-reactive ketones (excluding diaryl/α,β-unsaturated/α-hetero) is 2. The fourth-order valence-corrected chi connectivity index (χ4v) is 20.5. The summed E-state index contributed by atoms with van der Waals surface area (Å²) < 4.78 is 72.1. The van der Waals surface area contributed by atoms with Crippen LogP contribution in [0.3, 0.4) is 0 Å². The Balaban J connectivity index is 0.000000224. The summed E-state index contributed by atoms with van der Waals surface area (Å²) in [5.41, 5.74) is 21.4. The summed E-state index contributed by atoms with van der Waals surface area (Å²) in [7, 11) is 12.4. The van der Waals surface area contributed by atoms with E-state index in [0.717, 1.165) is 151 Å². The molecule has 0 saturated carbocycles. The number of carbonyl (C=O) groups excluding carboxylic acids is 6. The second-order valence-electron chi connectivity index (χ2n) is 37.2. The molecule has 0 N–H and O–H groups in total. The minimum absolute atomic E-state index is 0. The number of nitrogens with zero attached hydrogens (tertiary/aromatic N) is 9. The van der Waals surface area contributed by atoms with Gasteiger partial charge in [-0.25, -0.2) is 19.6 Å². The van der Waals surface area contributed by atoms with Crippen molar-refractivity contribution >= 4 is 86.4 Å². The van der Waals surface area contributed by atoms with Crippen molar-refractivity contribution in [2.75, 3.05) is 186 Å². The van der Waals surface area contributed by atoms with Crippen LogP contribution in [0.15, 0.2) is 182 Å². The number of amides is 4. The number of carbonyl (C=O) groups is 6. The summed E-state index contributed by atoms with van der Waals surface area (Å²) in [5.74, 6) is 3.63. The van der Waals surface area contributed by atoms with Crippen LogP contribution < -0.4 is 72.5 Å². The zero-order chi connectivity index (χ0) is 98.3. The van der Waals surface area contributed by atoms with Gasteiger partial charge in [0.25, 0.3) is 23.6 Å². The average Bonchev–Trinajstić information content (AvgIpc) is 1.64. The number of rotatable bonds is 44. The van der Waals surface area contributed by atoms with Crippen molar-refractivity contribution in [2.24, 2.45) is 0 Å². The second-order valence-corrected chi connectivity index (χ2v) is 37.2. The Bertz CT molecular complexity index is 6210. The summed E-state index contributed by atoms with van der Waals surface area (Å²) in [6.07, 6.45) is 8.10. The fourth-order valence-electron chi connectivity index (χ4n) is 20.5. The van der Waals surface area contributed by atoms with E-state index < -0.39 is 0 Å². The van der Waals surface area contributed by atoms with Gasteiger partial charge in [-0.3, -0.25) is 28.8 Å². The number of aryl methyl sites for hydroxylation is 3. The third kappa shape index (κ3) is 25.5. The van der Waals surface area contributed by atoms with Gasteiger partial charge in [-0.1, -0.05) is 105 Å². The Labute approximate surface area is 922 Å². The summed E-state index contributed by atoms with van der Waals surface area (Å²) in [5, 5.41) is 0. The van der Waals surface area contributed by atoms with Crippen molar-refractivity contribution in [1.82, 2.24) is 0 Å². The number of benzene rings is 10. The predicted octanol–water partition coefficient (Wildman–Crippen LogP) is 17.9. The van der Waals surface area contributed by atoms with Crippen LogP contribution in [0.5, 0.6) is 34.5 Å². The molecule has 144 heavy (non-hydrogen) atoms. The number of likely N-dealkylation sites (N-methyl/N-ethyl adjacent to an activating group) is 3. The molecule has 3 radical (unpaired) electrons. The minimum atomic E-state index is -0.120. The van der Waals surface area contributed by atoms with Gasteiger partial charge in [-0.15, -0.1) is 0 Å². The number of hydrogen-bond acceptors (Lipinski definition) is 23. The first-order valence-corrected chi connectivity index (χ1v) is 49.4. The zero-order valence-electron chi connectivity index (χ0n) is 84.7. The van der Waals surface area contributed by atoms with E-state index in [1.807, 2.05) is 180 Å². The van der Waals surface area contributed by atoms with Gasteiger partial charge in [0, 0.05) is 245 Å². The molecule has 10 aromatic rings. The Morgan fingerprint density at radius 2 is 0.674 bits per heavy atom. The summed E-state index contributed by atoms with van der Waals surface area (Å²) in [6.45, 7) is 22.2. The zero-order valence-corrected chi connectivity index (χ0v) is 93.2. The van der Waals surface area contributed by atoms with Crippen LogP contribution in [-0.2, 0) is 195 Å². The van der Waals surface area contributed by atoms with Gasteiger partial charge in [0.1, 0.15) is 49.5 Å². The van der Waals surface area contributed by atoms with E-state index >= 15 is 0 Å². The van der Waals surface area contributed by atoms with Gasteiger partial charge in [-0.05, 0) is 239 Å². The quantitative estimate of drug-likeness (QED) is 0.0254. The van der Waals surface area contributed by atoms with Crippen LogP contribution in [-0.4, -0.2) is 201 Å². The molecule has 751 valence electrons. The van der Waals surface area contributed by atoms with Crippen molar-refractivity contribution in [3.63, 3.8) is 0 Å². The van der Waals surface area contributed by atoms with E-state index in [0.29, 0.717) is 176 Å². The third-order valence-corrected chi connectivity index (χ3v) is 27.8. The summed E-state index contributed by atoms with van der Waals surface area (Å²) in [4.78, 5) is 100. The molecule has 8 heterocycles. The number of ketones is 2. The van der Waals surface area contributed by atoms with Crippen LogP contribution in [0, 0.1) is 33.5 Å². The largest absolute Gasteiger partial charge is 0.522 e. The molecule has 0 spiro atoms. The molecule has 0 saturated heterocycles. The van der Waals surface area contributed by atoms with Gasteiger partial charge >= 0.3 is 0 Å². The molecule has 0 unspecified atom stereocenters. The monoisotopic (exact) mass is 2180 g/mol. The number of methoxy groups -OCH3 is 4. The number of hydrogen-bond donors (Lipinski definition) is 0. The van der Waals surface area contributed by atoms with Crippen molar-refractivity contribution in [3.05, 3.63) is 285 Å². The topological polar surface area (TPSA) is 242 Å². The molecule has 0 fully saturated rings. The molecule has 18 rings (SSSR count). The van der Waals surface area contributed by atoms with Crippen LogP contribution >= 0.6 is 0 Å². The molecule has 8 aliphatic heterocycles. The SMILES string of the molecule is CCC(=O)CCCN(CCOCCOCCOC)c1cc(COc2cc3c(cc2C)C(=O)N2c4ccccc4C[C@H]2CC3)cc(COc2cc3c(cc2OC)C(=O)N2c4ccccc4C[C@H]2[CH-]N3C)c1.CCC(=O)CCCN(CCOCCOCCOC)c1cc(COc2cc3c(cc2C)C(=O)N2c4ccccc4C[C@H]2[CH-]N3C)cc(COc2cc3c(cc2OC)C(=O)N2c4ccccc4C[C@H]2[CH-]N3C)c1.[Y].[Y].[Y]. The molecule has 0 bridgehead atoms. The molecular formula is C114H130N9O18Y3-3. The normalized spacial score (nSPS) is 16.3. The Kier molecular flexibility index (Phi) is 39.5. The van der Waals surface area contributed by atoms with E-state index in [9.17, 15) is 28.8 Å². The van der Waals surface area contributed by atoms with Crippen molar-refractivity contribution < 1.29 is 184 Å². The average molecular weight is 2180 g/mol. The maximum Gasteiger partial charge on any atom is 0.258 e. The van der Waals surface area contributed by atoms with Crippen LogP contribution in [0.2, 0.25) is 0 Å². The smallest absolute Gasteiger partial charge is 0.258 e. The van der Waals surface area contributed by atoms with Crippen molar-refractivity contribution in [2.45, 2.75) is 155 Å². The molecule has 0 aliphatic carbocycles. The van der Waals surface area contributed by atoms with Gasteiger partial charge < -0.3 is 101 Å². The van der Waals surface area contributed by atoms with Gasteiger partial charge in [-0.2, -0.15) is 0 Å². The van der Waals surface area contributed by atoms with E-state index in [4.69, 9.17) is 56.8 Å². The molecule has 27 nitrogen and oxygen atoms in total. The van der Waals surface area contributed by atoms with Gasteiger partial charge in [0.15, 0.2) is 23.0 Å². The Morgan fingerprint density at radius 3 is 1.06 bits per heavy atom. The summed E-state index contributed by atoms with van der Waals surface area (Å²) in [6, 6.07) is 60.3. The molecular weight excluding hydrogens is 2050 g/mol. The van der Waals surface area contributed by atoms with Gasteiger partial charge in [0.05, 0.1) is 97.0 Å². The predicted molar refractivity (Wildman–Crippen MR) is 548 cm³/mol. The second kappa shape index (κ2) is 51.8. The Hall–Kier alpha value is -9.71. The molecule has 30 heteroatoms. The number of para-hydroxylation sites is 4. The van der Waals surface area contributed by atoms with Gasteiger partial charge in [0.2, 0.25) is 0 Å². The fraction of sp³-hybridized carbons (Fsp3) is 0.395. The van der Waals surface area contributed by atoms with Crippen LogP contribution in [0.25, 0.3) is 0 Å². The Morgan fingerprint density at radius 1 is 0.347 bits per heavy atom. The molecule has 8 aliphatic rings. The molecule has 4 atom stereocenters. The standard InChI is InChI=1S/C57H65N5O9.C57H65N4O9.3Y/c1-7-46(63)15-12-18-60(19-20-68-23-24-69-22-21-66-5)43-27-39(36-70-53-32-51-47(25-38(53)2)56(64)61-44(34-58(51)3)29-41-13-8-10-16-49(41)61)26-40(28-43)37-71-55-33-52-48(31-54(55)67-6)57(65)62-45(35-59(52)4)30-42-14-9-11-17-50(42)62;1-6-47(62)14-11-19-59(20-21-67-24-25-68-23-22-65-4)45-28-39(36-69-53-32-41-17-18-44-30-42-12-7-9-15-50(42)60(44)56(63)48(41)26-38(53)2)27-40(29-45)37-70-55-34-52-49(33-54(55)66-5)57(64)61-46(35-58(52)3)31-43-13-8-10-16-51(43)61;;;/h8-11,13-14,16-17,25-28,31-35,44-45H,7,12,15,18-24,29-30,36-37H2,1-6H3;7-10,12-13,15-16,26-29,32-35,44,46H,6,11,14,17-25,30-31,36-37H2,1-5H3;;;/q-2;-1;;;/t44-,45-;44-,46+;;;/m01.../s1. The maximum absolute atomic E-state index is 14.3. The van der Waals surface area contributed by atoms with Crippen molar-refractivity contribution in [3.8, 4) is 34.5 Å². The van der Waals surface area contributed by atoms with E-state index in [1.54, 1.807) is 40.6 Å². The van der Waals surface area contributed by atoms with Crippen molar-refractivity contribution in [1.29, 1.82) is 0 Å². The third-order valence-electron chi connectivity index (χ3n) is 27.8. The van der Waals surface area contributed by atoms with Crippen LogP contribution in [0.1, 0.15) is 161 Å². The molecule has 0 aromatic heterocycles. The first-order chi connectivity index (χ1) is 68.7. The number of ether oxygens (including phenoxy) is 12. The summed E-state index contributed by atoms with van der Waals surface area (Å²) >= 11 is 0. The maximum atomic E-state index is 14.3.